The molecule has 28 heavy (non-hydrogen) atoms. The number of nitrogens with one attached hydrogen (secondary N) is 1. The number of aliphatic carboxylic acids is 2. The topological polar surface area (TPSA) is 131 Å². The van der Waals surface area contributed by atoms with E-state index in [1.54, 1.807) is 0 Å². The molecule has 2 rings (SSSR count). The minimum Gasteiger partial charge on any atom is -0.494 e. The van der Waals surface area contributed by atoms with Gasteiger partial charge < -0.3 is 30.7 Å². The molecule has 152 valence electrons. The molecule has 2 aromatic rings. The van der Waals surface area contributed by atoms with Gasteiger partial charge in [0.05, 0.1) is 6.61 Å². The summed E-state index contributed by atoms with van der Waals surface area (Å²) in [5.74, 6) is -1.93. The summed E-state index contributed by atoms with van der Waals surface area (Å²) in [5.41, 5.74) is 6.56. The SMILES string of the molecule is NCCNCCCOc1ccc(OCc2ccccc2)cc1.O=C(O)C(=O)O. The number of hydrogen-bond acceptors (Lipinski definition) is 6. The first kappa shape index (κ1) is 22.9. The first-order valence-electron chi connectivity index (χ1n) is 8.79. The Hall–Kier alpha value is -3.10. The van der Waals surface area contributed by atoms with Crippen molar-refractivity contribution in [3.63, 3.8) is 0 Å². The zero-order valence-electron chi connectivity index (χ0n) is 15.5. The van der Waals surface area contributed by atoms with Gasteiger partial charge in [-0.25, -0.2) is 9.59 Å². The molecule has 8 heteroatoms. The number of benzene rings is 2. The highest BCUT2D eigenvalue weighted by molar-refractivity contribution is 6.27. The van der Waals surface area contributed by atoms with Crippen molar-refractivity contribution < 1.29 is 29.3 Å². The van der Waals surface area contributed by atoms with E-state index >= 15 is 0 Å². The third-order valence-corrected chi connectivity index (χ3v) is 3.34. The van der Waals surface area contributed by atoms with Crippen LogP contribution in [-0.4, -0.2) is 48.4 Å². The van der Waals surface area contributed by atoms with Crippen molar-refractivity contribution in [1.82, 2.24) is 5.32 Å². The van der Waals surface area contributed by atoms with Crippen LogP contribution in [0.1, 0.15) is 12.0 Å². The largest absolute Gasteiger partial charge is 0.494 e. The number of carboxylic acid groups (broad SMARTS) is 2. The maximum atomic E-state index is 9.10. The average molecular weight is 390 g/mol. The summed E-state index contributed by atoms with van der Waals surface area (Å²) in [6.07, 6.45) is 0.965. The van der Waals surface area contributed by atoms with E-state index in [9.17, 15) is 0 Å². The Morgan fingerprint density at radius 1 is 0.857 bits per heavy atom. The van der Waals surface area contributed by atoms with Crippen molar-refractivity contribution >= 4 is 11.9 Å². The molecule has 0 aliphatic rings. The average Bonchev–Trinajstić information content (AvgIpc) is 2.71. The molecule has 0 atom stereocenters. The highest BCUT2D eigenvalue weighted by atomic mass is 16.5. The maximum Gasteiger partial charge on any atom is 0.414 e. The molecule has 0 bridgehead atoms. The Labute approximate surface area is 163 Å². The smallest absolute Gasteiger partial charge is 0.414 e. The van der Waals surface area contributed by atoms with Crippen molar-refractivity contribution in [2.24, 2.45) is 5.73 Å². The highest BCUT2D eigenvalue weighted by Crippen LogP contribution is 2.18. The Morgan fingerprint density at radius 3 is 1.96 bits per heavy atom. The van der Waals surface area contributed by atoms with E-state index in [0.29, 0.717) is 19.8 Å². The van der Waals surface area contributed by atoms with Crippen LogP contribution in [-0.2, 0) is 16.2 Å². The van der Waals surface area contributed by atoms with E-state index in [1.807, 2.05) is 42.5 Å². The highest BCUT2D eigenvalue weighted by Gasteiger charge is 2.04. The molecule has 0 amide bonds. The summed E-state index contributed by atoms with van der Waals surface area (Å²) >= 11 is 0. The van der Waals surface area contributed by atoms with Gasteiger partial charge in [0.2, 0.25) is 0 Å². The monoisotopic (exact) mass is 390 g/mol. The second-order valence-electron chi connectivity index (χ2n) is 5.60. The van der Waals surface area contributed by atoms with Crippen LogP contribution in [0.15, 0.2) is 54.6 Å². The van der Waals surface area contributed by atoms with Gasteiger partial charge in [0.1, 0.15) is 18.1 Å². The Morgan fingerprint density at radius 2 is 1.43 bits per heavy atom. The molecule has 0 radical (unpaired) electrons. The van der Waals surface area contributed by atoms with Crippen LogP contribution >= 0.6 is 0 Å². The van der Waals surface area contributed by atoms with E-state index in [4.69, 9.17) is 35.0 Å². The predicted octanol–water partition coefficient (Wildman–Crippen LogP) is 1.74. The molecular formula is C20H26N2O6. The molecule has 0 fully saturated rings. The lowest BCUT2D eigenvalue weighted by Crippen LogP contribution is -2.24. The fourth-order valence-electron chi connectivity index (χ4n) is 1.99. The van der Waals surface area contributed by atoms with E-state index in [1.165, 1.54) is 0 Å². The number of nitrogens with two attached hydrogens (primary N) is 1. The lowest BCUT2D eigenvalue weighted by molar-refractivity contribution is -0.159. The summed E-state index contributed by atoms with van der Waals surface area (Å²) in [4.78, 5) is 18.2. The first-order chi connectivity index (χ1) is 13.5. The van der Waals surface area contributed by atoms with E-state index in [0.717, 1.165) is 36.6 Å². The molecule has 0 heterocycles. The lowest BCUT2D eigenvalue weighted by Gasteiger charge is -2.09. The van der Waals surface area contributed by atoms with Gasteiger partial charge in [-0.1, -0.05) is 30.3 Å². The predicted molar refractivity (Wildman–Crippen MR) is 105 cm³/mol. The molecule has 0 aliphatic carbocycles. The number of carboxylic acids is 2. The van der Waals surface area contributed by atoms with Crippen LogP contribution in [0.2, 0.25) is 0 Å². The van der Waals surface area contributed by atoms with Gasteiger partial charge >= 0.3 is 11.9 Å². The van der Waals surface area contributed by atoms with Gasteiger partial charge in [0, 0.05) is 13.1 Å². The van der Waals surface area contributed by atoms with Gasteiger partial charge in [0.25, 0.3) is 0 Å². The number of hydrogen-bond donors (Lipinski definition) is 4. The van der Waals surface area contributed by atoms with Gasteiger partial charge in [-0.15, -0.1) is 0 Å². The number of carbonyl (C=O) groups is 2. The minimum atomic E-state index is -1.82. The zero-order valence-corrected chi connectivity index (χ0v) is 15.5. The fraction of sp³-hybridized carbons (Fsp3) is 0.300. The Kier molecular flexibility index (Phi) is 11.5. The molecule has 8 nitrogen and oxygen atoms in total. The van der Waals surface area contributed by atoms with Crippen LogP contribution < -0.4 is 20.5 Å². The van der Waals surface area contributed by atoms with E-state index < -0.39 is 11.9 Å². The maximum absolute atomic E-state index is 9.10. The number of rotatable bonds is 10. The molecular weight excluding hydrogens is 364 g/mol. The van der Waals surface area contributed by atoms with Crippen LogP contribution in [0.3, 0.4) is 0 Å². The molecule has 0 spiro atoms. The molecule has 5 N–H and O–H groups in total. The zero-order chi connectivity index (χ0) is 20.6. The number of ether oxygens (including phenoxy) is 2. The van der Waals surface area contributed by atoms with E-state index in [-0.39, 0.29) is 0 Å². The minimum absolute atomic E-state index is 0.577. The summed E-state index contributed by atoms with van der Waals surface area (Å²) in [5, 5.41) is 18.0. The summed E-state index contributed by atoms with van der Waals surface area (Å²) in [6, 6.07) is 17.9. The fourth-order valence-corrected chi connectivity index (χ4v) is 1.99. The Balaban J connectivity index is 0.000000568. The lowest BCUT2D eigenvalue weighted by atomic mass is 10.2. The van der Waals surface area contributed by atoms with Crippen LogP contribution in [0.4, 0.5) is 0 Å². The van der Waals surface area contributed by atoms with Crippen molar-refractivity contribution in [1.29, 1.82) is 0 Å². The molecule has 0 unspecified atom stereocenters. The van der Waals surface area contributed by atoms with Gasteiger partial charge in [-0.2, -0.15) is 0 Å². The second-order valence-corrected chi connectivity index (χ2v) is 5.60. The molecule has 0 aromatic heterocycles. The van der Waals surface area contributed by atoms with Crippen LogP contribution in [0, 0.1) is 0 Å². The van der Waals surface area contributed by atoms with Crippen LogP contribution in [0.5, 0.6) is 11.5 Å². The third-order valence-electron chi connectivity index (χ3n) is 3.34. The summed E-state index contributed by atoms with van der Waals surface area (Å²) in [6.45, 7) is 3.73. The van der Waals surface area contributed by atoms with Gasteiger partial charge in [-0.3, -0.25) is 0 Å². The van der Waals surface area contributed by atoms with Crippen molar-refractivity contribution in [3.05, 3.63) is 60.2 Å². The summed E-state index contributed by atoms with van der Waals surface area (Å²) in [7, 11) is 0. The van der Waals surface area contributed by atoms with Crippen molar-refractivity contribution in [3.8, 4) is 11.5 Å². The van der Waals surface area contributed by atoms with E-state index in [2.05, 4.69) is 17.4 Å². The van der Waals surface area contributed by atoms with Gasteiger partial charge in [0.15, 0.2) is 0 Å². The van der Waals surface area contributed by atoms with Gasteiger partial charge in [-0.05, 0) is 42.8 Å². The van der Waals surface area contributed by atoms with Crippen molar-refractivity contribution in [2.75, 3.05) is 26.2 Å². The first-order valence-corrected chi connectivity index (χ1v) is 8.79. The normalized spacial score (nSPS) is 9.75. The standard InChI is InChI=1S/C18H24N2O2.C2H2O4/c19-11-13-20-12-4-14-21-17-7-9-18(10-8-17)22-15-16-5-2-1-3-6-16;3-1(4)2(5)6/h1-3,5-10,20H,4,11-15,19H2;(H,3,4)(H,5,6). The molecule has 2 aromatic carbocycles. The Bertz CT molecular complexity index is 680. The molecule has 0 saturated carbocycles. The van der Waals surface area contributed by atoms with Crippen LogP contribution in [0.25, 0.3) is 0 Å². The molecule has 0 saturated heterocycles. The summed E-state index contributed by atoms with van der Waals surface area (Å²) < 4.78 is 11.4. The third kappa shape index (κ3) is 10.8. The van der Waals surface area contributed by atoms with Crippen molar-refractivity contribution in [2.45, 2.75) is 13.0 Å². The second kappa shape index (κ2) is 14.0. The molecule has 0 aliphatic heterocycles. The quantitative estimate of drug-likeness (QED) is 0.356.